The molecule has 0 aliphatic heterocycles. The number of nitrogens with one attached hydrogen (secondary N) is 1. The van der Waals surface area contributed by atoms with E-state index in [1.54, 1.807) is 6.20 Å². The standard InChI is InChI=1S/C12H17N5/c1-11(10-17-7-3-6-16-17)15-9-12(8-14)4-2-5-13/h3,6-7,11-12,15H,2,4,9-10H2,1H3/t11-,12+/m0/s1. The molecule has 0 amide bonds. The maximum Gasteiger partial charge on any atom is 0.0669 e. The fraction of sp³-hybridized carbons (Fsp3) is 0.583. The Kier molecular flexibility index (Phi) is 5.77. The van der Waals surface area contributed by atoms with Gasteiger partial charge in [0.25, 0.3) is 0 Å². The Labute approximate surface area is 102 Å². The number of rotatable bonds is 7. The Balaban J connectivity index is 2.25. The van der Waals surface area contributed by atoms with E-state index >= 15 is 0 Å². The van der Waals surface area contributed by atoms with Gasteiger partial charge in [-0.1, -0.05) is 0 Å². The van der Waals surface area contributed by atoms with Crippen molar-refractivity contribution in [2.75, 3.05) is 6.54 Å². The van der Waals surface area contributed by atoms with Crippen LogP contribution in [0.2, 0.25) is 0 Å². The highest BCUT2D eigenvalue weighted by atomic mass is 15.3. The van der Waals surface area contributed by atoms with Gasteiger partial charge in [0, 0.05) is 31.4 Å². The molecule has 0 aliphatic carbocycles. The van der Waals surface area contributed by atoms with Crippen LogP contribution in [-0.4, -0.2) is 22.4 Å². The number of nitrogens with zero attached hydrogens (tertiary/aromatic N) is 4. The molecule has 1 rings (SSSR count). The molecule has 0 radical (unpaired) electrons. The molecule has 0 aromatic carbocycles. The summed E-state index contributed by atoms with van der Waals surface area (Å²) in [5.74, 6) is -0.0882. The van der Waals surface area contributed by atoms with Crippen LogP contribution in [0, 0.1) is 28.6 Å². The van der Waals surface area contributed by atoms with Crippen LogP contribution in [0.15, 0.2) is 18.5 Å². The number of nitriles is 2. The maximum absolute atomic E-state index is 8.91. The minimum Gasteiger partial charge on any atom is -0.311 e. The summed E-state index contributed by atoms with van der Waals surface area (Å²) in [5, 5.41) is 24.8. The van der Waals surface area contributed by atoms with E-state index in [-0.39, 0.29) is 12.0 Å². The first-order chi connectivity index (χ1) is 8.26. The van der Waals surface area contributed by atoms with Gasteiger partial charge in [-0.05, 0) is 19.4 Å². The molecule has 1 N–H and O–H groups in total. The average Bonchev–Trinajstić information content (AvgIpc) is 2.82. The van der Waals surface area contributed by atoms with Crippen LogP contribution in [0.4, 0.5) is 0 Å². The van der Waals surface area contributed by atoms with Gasteiger partial charge in [0.15, 0.2) is 0 Å². The van der Waals surface area contributed by atoms with Crippen molar-refractivity contribution in [1.29, 1.82) is 10.5 Å². The summed E-state index contributed by atoms with van der Waals surface area (Å²) in [5.41, 5.74) is 0. The van der Waals surface area contributed by atoms with E-state index in [1.165, 1.54) is 0 Å². The van der Waals surface area contributed by atoms with Gasteiger partial charge in [-0.15, -0.1) is 0 Å². The molecular formula is C12H17N5. The molecule has 0 saturated carbocycles. The van der Waals surface area contributed by atoms with E-state index in [2.05, 4.69) is 29.5 Å². The second-order valence-electron chi connectivity index (χ2n) is 4.06. The largest absolute Gasteiger partial charge is 0.311 e. The average molecular weight is 231 g/mol. The molecule has 5 heteroatoms. The molecule has 0 spiro atoms. The van der Waals surface area contributed by atoms with Gasteiger partial charge in [0.05, 0.1) is 24.6 Å². The highest BCUT2D eigenvalue weighted by molar-refractivity contribution is 4.88. The first-order valence-electron chi connectivity index (χ1n) is 5.73. The molecule has 0 bridgehead atoms. The third-order valence-corrected chi connectivity index (χ3v) is 2.52. The van der Waals surface area contributed by atoms with Crippen molar-refractivity contribution in [2.45, 2.75) is 32.4 Å². The third-order valence-electron chi connectivity index (χ3n) is 2.52. The van der Waals surface area contributed by atoms with Crippen LogP contribution in [-0.2, 0) is 6.54 Å². The van der Waals surface area contributed by atoms with Crippen LogP contribution >= 0.6 is 0 Å². The zero-order chi connectivity index (χ0) is 12.5. The first-order valence-corrected chi connectivity index (χ1v) is 5.73. The van der Waals surface area contributed by atoms with Crippen molar-refractivity contribution < 1.29 is 0 Å². The SMILES string of the molecule is C[C@@H](Cn1cccn1)NC[C@@H](C#N)CCC#N. The summed E-state index contributed by atoms with van der Waals surface area (Å²) in [6.45, 7) is 3.46. The van der Waals surface area contributed by atoms with Gasteiger partial charge < -0.3 is 5.32 Å². The van der Waals surface area contributed by atoms with Gasteiger partial charge in [-0.2, -0.15) is 15.6 Å². The van der Waals surface area contributed by atoms with Crippen molar-refractivity contribution in [2.24, 2.45) is 5.92 Å². The lowest BCUT2D eigenvalue weighted by Crippen LogP contribution is -2.34. The van der Waals surface area contributed by atoms with E-state index in [0.717, 1.165) is 6.54 Å². The summed E-state index contributed by atoms with van der Waals surface area (Å²) in [6, 6.07) is 6.42. The first kappa shape index (κ1) is 13.2. The quantitative estimate of drug-likeness (QED) is 0.767. The van der Waals surface area contributed by atoms with Crippen LogP contribution in [0.3, 0.4) is 0 Å². The van der Waals surface area contributed by atoms with Crippen molar-refractivity contribution in [1.82, 2.24) is 15.1 Å². The summed E-state index contributed by atoms with van der Waals surface area (Å²) in [6.07, 6.45) is 4.73. The van der Waals surface area contributed by atoms with Crippen LogP contribution in [0.5, 0.6) is 0 Å². The Morgan fingerprint density at radius 1 is 1.47 bits per heavy atom. The molecule has 0 unspecified atom stereocenters. The lowest BCUT2D eigenvalue weighted by Gasteiger charge is -2.15. The Morgan fingerprint density at radius 3 is 2.88 bits per heavy atom. The van der Waals surface area contributed by atoms with E-state index in [4.69, 9.17) is 10.5 Å². The third kappa shape index (κ3) is 5.14. The number of aromatic nitrogens is 2. The maximum atomic E-state index is 8.91. The Morgan fingerprint density at radius 2 is 2.29 bits per heavy atom. The summed E-state index contributed by atoms with van der Waals surface area (Å²) in [7, 11) is 0. The molecule has 2 atom stereocenters. The highest BCUT2D eigenvalue weighted by Crippen LogP contribution is 2.03. The van der Waals surface area contributed by atoms with E-state index in [1.807, 2.05) is 16.9 Å². The van der Waals surface area contributed by atoms with Crippen LogP contribution in [0.25, 0.3) is 0 Å². The monoisotopic (exact) mass is 231 g/mol. The number of hydrogen-bond donors (Lipinski definition) is 1. The Hall–Kier alpha value is -1.85. The van der Waals surface area contributed by atoms with E-state index < -0.39 is 0 Å². The molecular weight excluding hydrogens is 214 g/mol. The van der Waals surface area contributed by atoms with Crippen molar-refractivity contribution in [3.63, 3.8) is 0 Å². The van der Waals surface area contributed by atoms with E-state index in [9.17, 15) is 0 Å². The van der Waals surface area contributed by atoms with Crippen molar-refractivity contribution >= 4 is 0 Å². The summed E-state index contributed by atoms with van der Waals surface area (Å²) >= 11 is 0. The van der Waals surface area contributed by atoms with Gasteiger partial charge >= 0.3 is 0 Å². The predicted molar refractivity (Wildman–Crippen MR) is 63.6 cm³/mol. The molecule has 5 nitrogen and oxygen atoms in total. The van der Waals surface area contributed by atoms with Crippen molar-refractivity contribution in [3.8, 4) is 12.1 Å². The second-order valence-corrected chi connectivity index (χ2v) is 4.06. The molecule has 1 heterocycles. The zero-order valence-corrected chi connectivity index (χ0v) is 10.0. The van der Waals surface area contributed by atoms with Crippen LogP contribution < -0.4 is 5.32 Å². The smallest absolute Gasteiger partial charge is 0.0669 e. The lowest BCUT2D eigenvalue weighted by molar-refractivity contribution is 0.422. The van der Waals surface area contributed by atoms with Gasteiger partial charge in [-0.3, -0.25) is 4.68 Å². The summed E-state index contributed by atoms with van der Waals surface area (Å²) < 4.78 is 1.86. The topological polar surface area (TPSA) is 77.4 Å². The molecule has 1 aromatic heterocycles. The van der Waals surface area contributed by atoms with Crippen LogP contribution in [0.1, 0.15) is 19.8 Å². The normalized spacial score (nSPS) is 13.6. The van der Waals surface area contributed by atoms with Gasteiger partial charge in [0.1, 0.15) is 0 Å². The van der Waals surface area contributed by atoms with Gasteiger partial charge in [0.2, 0.25) is 0 Å². The molecule has 0 aliphatic rings. The predicted octanol–water partition coefficient (Wildman–Crippen LogP) is 1.30. The zero-order valence-electron chi connectivity index (χ0n) is 10.0. The second kappa shape index (κ2) is 7.43. The minimum absolute atomic E-state index is 0.0882. The fourth-order valence-corrected chi connectivity index (χ4v) is 1.55. The Bertz CT molecular complexity index is 384. The van der Waals surface area contributed by atoms with E-state index in [0.29, 0.717) is 19.4 Å². The molecule has 0 saturated heterocycles. The number of hydrogen-bond acceptors (Lipinski definition) is 4. The fourth-order valence-electron chi connectivity index (χ4n) is 1.55. The molecule has 17 heavy (non-hydrogen) atoms. The molecule has 90 valence electrons. The highest BCUT2D eigenvalue weighted by Gasteiger charge is 2.09. The summed E-state index contributed by atoms with van der Waals surface area (Å²) in [4.78, 5) is 0. The molecule has 0 fully saturated rings. The van der Waals surface area contributed by atoms with Gasteiger partial charge in [-0.25, -0.2) is 0 Å². The lowest BCUT2D eigenvalue weighted by atomic mass is 10.1. The minimum atomic E-state index is -0.0882. The molecule has 1 aromatic rings. The van der Waals surface area contributed by atoms with Crippen molar-refractivity contribution in [3.05, 3.63) is 18.5 Å².